The van der Waals surface area contributed by atoms with Crippen molar-refractivity contribution >= 4 is 45.6 Å². The highest BCUT2D eigenvalue weighted by molar-refractivity contribution is 7.13. The van der Waals surface area contributed by atoms with Gasteiger partial charge in [-0.3, -0.25) is 4.79 Å². The summed E-state index contributed by atoms with van der Waals surface area (Å²) >= 11 is 7.29. The summed E-state index contributed by atoms with van der Waals surface area (Å²) in [6.07, 6.45) is 1.63. The molecule has 3 aromatic rings. The molecule has 5 nitrogen and oxygen atoms in total. The lowest BCUT2D eigenvalue weighted by molar-refractivity contribution is -0.140. The lowest BCUT2D eigenvalue weighted by Gasteiger charge is -2.14. The van der Waals surface area contributed by atoms with Crippen LogP contribution in [-0.2, 0) is 4.79 Å². The Morgan fingerprint density at radius 1 is 1.35 bits per heavy atom. The van der Waals surface area contributed by atoms with Gasteiger partial charge in [0.2, 0.25) is 5.78 Å². The topological polar surface area (TPSA) is 72.2 Å². The quantitative estimate of drug-likeness (QED) is 0.725. The minimum atomic E-state index is -1.01. The predicted molar refractivity (Wildman–Crippen MR) is 89.6 cm³/mol. The van der Waals surface area contributed by atoms with E-state index in [1.54, 1.807) is 37.4 Å². The number of aryl methyl sites for hydroxylation is 1. The Balaban J connectivity index is 2.24. The van der Waals surface area contributed by atoms with Crippen molar-refractivity contribution in [2.45, 2.75) is 19.9 Å². The Morgan fingerprint density at radius 3 is 2.70 bits per heavy atom. The molecular formula is C16H13ClN2O3S. The van der Waals surface area contributed by atoms with Gasteiger partial charge in [-0.2, -0.15) is 0 Å². The molecule has 0 aliphatic heterocycles. The van der Waals surface area contributed by atoms with Crippen molar-refractivity contribution in [2.75, 3.05) is 0 Å². The van der Waals surface area contributed by atoms with Crippen molar-refractivity contribution in [3.63, 3.8) is 0 Å². The van der Waals surface area contributed by atoms with E-state index in [1.165, 1.54) is 15.9 Å². The lowest BCUT2D eigenvalue weighted by Crippen LogP contribution is -2.20. The number of carbonyl (C=O) groups excluding carboxylic acids is 1. The second kappa shape index (κ2) is 5.79. The van der Waals surface area contributed by atoms with E-state index in [9.17, 15) is 14.7 Å². The fourth-order valence-corrected chi connectivity index (χ4v) is 3.37. The number of carbonyl (C=O) groups is 2. The third-order valence-electron chi connectivity index (χ3n) is 3.59. The third-order valence-corrected chi connectivity index (χ3v) is 4.74. The maximum atomic E-state index is 12.8. The number of nitrogens with zero attached hydrogens (tertiary/aromatic N) is 2. The highest BCUT2D eigenvalue weighted by Crippen LogP contribution is 2.29. The Hall–Kier alpha value is -2.18. The monoisotopic (exact) mass is 348 g/mol. The molecule has 1 unspecified atom stereocenters. The van der Waals surface area contributed by atoms with Crippen LogP contribution in [0.1, 0.15) is 33.3 Å². The van der Waals surface area contributed by atoms with Gasteiger partial charge in [-0.15, -0.1) is 11.3 Å². The van der Waals surface area contributed by atoms with Crippen LogP contribution in [-0.4, -0.2) is 26.4 Å². The van der Waals surface area contributed by atoms with Crippen LogP contribution in [0.5, 0.6) is 0 Å². The number of hydrogen-bond acceptors (Lipinski definition) is 4. The van der Waals surface area contributed by atoms with Gasteiger partial charge in [0.1, 0.15) is 6.04 Å². The summed E-state index contributed by atoms with van der Waals surface area (Å²) in [5, 5.41) is 11.0. The van der Waals surface area contributed by atoms with Crippen LogP contribution in [0.4, 0.5) is 0 Å². The zero-order valence-electron chi connectivity index (χ0n) is 12.4. The van der Waals surface area contributed by atoms with E-state index in [0.717, 1.165) is 10.3 Å². The van der Waals surface area contributed by atoms with E-state index in [1.807, 2.05) is 6.92 Å². The minimum absolute atomic E-state index is 0.288. The minimum Gasteiger partial charge on any atom is -0.480 e. The molecule has 0 saturated heterocycles. The molecular weight excluding hydrogens is 336 g/mol. The van der Waals surface area contributed by atoms with Gasteiger partial charge < -0.3 is 9.67 Å². The van der Waals surface area contributed by atoms with Gasteiger partial charge in [0, 0.05) is 27.0 Å². The second-order valence-corrected chi connectivity index (χ2v) is 6.89. The number of aromatic nitrogens is 2. The molecule has 0 bridgehead atoms. The maximum absolute atomic E-state index is 12.8. The number of benzene rings is 1. The Morgan fingerprint density at radius 2 is 2.09 bits per heavy atom. The Labute approximate surface area is 141 Å². The summed E-state index contributed by atoms with van der Waals surface area (Å²) in [7, 11) is 0. The number of fused-ring (bicyclic) bond motifs is 1. The highest BCUT2D eigenvalue weighted by atomic mass is 35.5. The summed E-state index contributed by atoms with van der Waals surface area (Å²) in [5.41, 5.74) is 0.951. The van der Waals surface area contributed by atoms with E-state index in [0.29, 0.717) is 21.2 Å². The van der Waals surface area contributed by atoms with Crippen molar-refractivity contribution < 1.29 is 14.7 Å². The summed E-state index contributed by atoms with van der Waals surface area (Å²) in [6, 6.07) is 5.90. The van der Waals surface area contributed by atoms with Gasteiger partial charge in [0.05, 0.1) is 5.69 Å². The first kappa shape index (κ1) is 15.7. The number of aliphatic carboxylic acids is 1. The summed E-state index contributed by atoms with van der Waals surface area (Å²) < 4.78 is 1.52. The normalized spacial score (nSPS) is 12.5. The van der Waals surface area contributed by atoms with Crippen molar-refractivity contribution in [1.82, 2.24) is 9.55 Å². The summed E-state index contributed by atoms with van der Waals surface area (Å²) in [6.45, 7) is 3.41. The molecule has 1 aromatic carbocycles. The van der Waals surface area contributed by atoms with Gasteiger partial charge in [0.15, 0.2) is 5.01 Å². The molecule has 0 aliphatic carbocycles. The van der Waals surface area contributed by atoms with Crippen LogP contribution in [0.2, 0.25) is 5.02 Å². The van der Waals surface area contributed by atoms with Crippen LogP contribution >= 0.6 is 22.9 Å². The third kappa shape index (κ3) is 2.75. The van der Waals surface area contributed by atoms with E-state index in [-0.39, 0.29) is 5.78 Å². The molecule has 0 spiro atoms. The van der Waals surface area contributed by atoms with Crippen LogP contribution < -0.4 is 0 Å². The predicted octanol–water partition coefficient (Wildman–Crippen LogP) is 3.94. The molecule has 2 heterocycles. The number of ketones is 1. The zero-order valence-corrected chi connectivity index (χ0v) is 14.0. The standard InChI is InChI=1S/C16H13ClN2O3S/c1-8-7-18-15(23-8)14(20)13-6-10-5-11(17)3-4-12(10)19(13)9(2)16(21)22/h3-7,9H,1-2H3,(H,21,22). The second-order valence-electron chi connectivity index (χ2n) is 5.22. The van der Waals surface area contributed by atoms with E-state index in [4.69, 9.17) is 11.6 Å². The van der Waals surface area contributed by atoms with Crippen molar-refractivity contribution in [1.29, 1.82) is 0 Å². The fraction of sp³-hybridized carbons (Fsp3) is 0.188. The van der Waals surface area contributed by atoms with E-state index < -0.39 is 12.0 Å². The molecule has 7 heteroatoms. The van der Waals surface area contributed by atoms with Gasteiger partial charge in [-0.25, -0.2) is 9.78 Å². The lowest BCUT2D eigenvalue weighted by atomic mass is 10.2. The van der Waals surface area contributed by atoms with Crippen molar-refractivity contribution in [3.05, 3.63) is 51.1 Å². The SMILES string of the molecule is Cc1cnc(C(=O)c2cc3cc(Cl)ccc3n2C(C)C(=O)O)s1. The number of carboxylic acids is 1. The van der Waals surface area contributed by atoms with Crippen LogP contribution in [0, 0.1) is 6.92 Å². The average molecular weight is 349 g/mol. The molecule has 0 saturated carbocycles. The number of rotatable bonds is 4. The smallest absolute Gasteiger partial charge is 0.326 e. The van der Waals surface area contributed by atoms with Crippen molar-refractivity contribution in [3.8, 4) is 0 Å². The molecule has 0 radical (unpaired) electrons. The largest absolute Gasteiger partial charge is 0.480 e. The van der Waals surface area contributed by atoms with Crippen molar-refractivity contribution in [2.24, 2.45) is 0 Å². The first-order valence-corrected chi connectivity index (χ1v) is 8.08. The van der Waals surface area contributed by atoms with Crippen LogP contribution in [0.3, 0.4) is 0 Å². The molecule has 1 N–H and O–H groups in total. The van der Waals surface area contributed by atoms with Gasteiger partial charge in [-0.05, 0) is 38.1 Å². The summed E-state index contributed by atoms with van der Waals surface area (Å²) in [5.74, 6) is -1.30. The Bertz CT molecular complexity index is 929. The first-order valence-electron chi connectivity index (χ1n) is 6.89. The van der Waals surface area contributed by atoms with Gasteiger partial charge in [-0.1, -0.05) is 11.6 Å². The maximum Gasteiger partial charge on any atom is 0.326 e. The zero-order chi connectivity index (χ0) is 16.7. The Kier molecular flexibility index (Phi) is 3.95. The molecule has 23 heavy (non-hydrogen) atoms. The van der Waals surface area contributed by atoms with E-state index >= 15 is 0 Å². The number of halogens is 1. The van der Waals surface area contributed by atoms with Crippen LogP contribution in [0.25, 0.3) is 10.9 Å². The first-order chi connectivity index (χ1) is 10.9. The molecule has 0 amide bonds. The van der Waals surface area contributed by atoms with E-state index in [2.05, 4.69) is 4.98 Å². The molecule has 118 valence electrons. The molecule has 0 aliphatic rings. The molecule has 3 rings (SSSR count). The van der Waals surface area contributed by atoms with Gasteiger partial charge >= 0.3 is 5.97 Å². The number of carboxylic acid groups (broad SMARTS) is 1. The fourth-order valence-electron chi connectivity index (χ4n) is 2.48. The number of hydrogen-bond donors (Lipinski definition) is 1. The molecule has 0 fully saturated rings. The van der Waals surface area contributed by atoms with Gasteiger partial charge in [0.25, 0.3) is 0 Å². The number of thiazole rings is 1. The molecule has 1 atom stereocenters. The van der Waals surface area contributed by atoms with Crippen LogP contribution in [0.15, 0.2) is 30.5 Å². The molecule has 2 aromatic heterocycles. The average Bonchev–Trinajstić information content (AvgIpc) is 3.08. The highest BCUT2D eigenvalue weighted by Gasteiger charge is 2.25. The summed E-state index contributed by atoms with van der Waals surface area (Å²) in [4.78, 5) is 29.2.